The van der Waals surface area contributed by atoms with Crippen molar-refractivity contribution >= 4 is 11.4 Å². The van der Waals surface area contributed by atoms with E-state index in [-0.39, 0.29) is 0 Å². The van der Waals surface area contributed by atoms with Crippen molar-refractivity contribution in [1.29, 1.82) is 0 Å². The molecule has 0 saturated carbocycles. The monoisotopic (exact) mass is 247 g/mol. The first-order valence-corrected chi connectivity index (χ1v) is 6.83. The summed E-state index contributed by atoms with van der Waals surface area (Å²) < 4.78 is 0. The standard InChI is InChI=1S/C15H25N3/c1-12-10-13(16-2)8-9-18(12)15-7-5-6-14(11-15)17(3)4/h5-7,11-13,16H,8-10H2,1-4H3. The summed E-state index contributed by atoms with van der Waals surface area (Å²) in [7, 11) is 6.26. The van der Waals surface area contributed by atoms with E-state index in [9.17, 15) is 0 Å². The minimum Gasteiger partial charge on any atom is -0.378 e. The van der Waals surface area contributed by atoms with Crippen LogP contribution in [-0.2, 0) is 0 Å². The predicted octanol–water partition coefficient (Wildman–Crippen LogP) is 2.33. The lowest BCUT2D eigenvalue weighted by atomic mass is 9.97. The third kappa shape index (κ3) is 2.78. The molecular formula is C15H25N3. The first kappa shape index (κ1) is 13.2. The molecular weight excluding hydrogens is 222 g/mol. The topological polar surface area (TPSA) is 18.5 Å². The molecule has 1 heterocycles. The summed E-state index contributed by atoms with van der Waals surface area (Å²) >= 11 is 0. The van der Waals surface area contributed by atoms with Gasteiger partial charge in [-0.3, -0.25) is 0 Å². The maximum Gasteiger partial charge on any atom is 0.0389 e. The number of benzene rings is 1. The van der Waals surface area contributed by atoms with Crippen LogP contribution in [0.1, 0.15) is 19.8 Å². The van der Waals surface area contributed by atoms with Crippen molar-refractivity contribution in [2.75, 3.05) is 37.5 Å². The Balaban J connectivity index is 2.14. The highest BCUT2D eigenvalue weighted by Crippen LogP contribution is 2.27. The summed E-state index contributed by atoms with van der Waals surface area (Å²) in [5.41, 5.74) is 2.62. The third-order valence-electron chi connectivity index (χ3n) is 3.96. The lowest BCUT2D eigenvalue weighted by molar-refractivity contribution is 0.387. The SMILES string of the molecule is CNC1CCN(c2cccc(N(C)C)c2)C(C)C1. The average Bonchev–Trinajstić information content (AvgIpc) is 2.38. The van der Waals surface area contributed by atoms with E-state index in [4.69, 9.17) is 0 Å². The number of piperidine rings is 1. The van der Waals surface area contributed by atoms with Crippen LogP contribution < -0.4 is 15.1 Å². The van der Waals surface area contributed by atoms with Crippen LogP contribution >= 0.6 is 0 Å². The summed E-state index contributed by atoms with van der Waals surface area (Å²) in [6.45, 7) is 3.47. The third-order valence-corrected chi connectivity index (χ3v) is 3.96. The largest absolute Gasteiger partial charge is 0.378 e. The van der Waals surface area contributed by atoms with Gasteiger partial charge < -0.3 is 15.1 Å². The van der Waals surface area contributed by atoms with E-state index in [1.54, 1.807) is 0 Å². The average molecular weight is 247 g/mol. The highest BCUT2D eigenvalue weighted by Gasteiger charge is 2.24. The molecule has 2 unspecified atom stereocenters. The Morgan fingerprint density at radius 3 is 2.72 bits per heavy atom. The van der Waals surface area contributed by atoms with E-state index in [0.29, 0.717) is 12.1 Å². The molecule has 0 amide bonds. The van der Waals surface area contributed by atoms with Gasteiger partial charge >= 0.3 is 0 Å². The Morgan fingerprint density at radius 1 is 1.33 bits per heavy atom. The maximum absolute atomic E-state index is 3.40. The molecule has 1 aromatic carbocycles. The van der Waals surface area contributed by atoms with E-state index >= 15 is 0 Å². The van der Waals surface area contributed by atoms with E-state index < -0.39 is 0 Å². The number of anilines is 2. The predicted molar refractivity (Wildman–Crippen MR) is 79.7 cm³/mol. The fourth-order valence-corrected chi connectivity index (χ4v) is 2.77. The zero-order valence-electron chi connectivity index (χ0n) is 12.0. The van der Waals surface area contributed by atoms with E-state index in [1.165, 1.54) is 24.2 Å². The molecule has 18 heavy (non-hydrogen) atoms. The van der Waals surface area contributed by atoms with E-state index in [1.807, 2.05) is 0 Å². The van der Waals surface area contributed by atoms with Gasteiger partial charge in [0, 0.05) is 44.1 Å². The Morgan fingerprint density at radius 2 is 2.11 bits per heavy atom. The first-order chi connectivity index (χ1) is 8.61. The van der Waals surface area contributed by atoms with Gasteiger partial charge in [0.1, 0.15) is 0 Å². The van der Waals surface area contributed by atoms with Crippen LogP contribution in [-0.4, -0.2) is 39.8 Å². The molecule has 1 fully saturated rings. The van der Waals surface area contributed by atoms with Crippen LogP contribution in [0.25, 0.3) is 0 Å². The first-order valence-electron chi connectivity index (χ1n) is 6.83. The Hall–Kier alpha value is -1.22. The normalized spacial score (nSPS) is 24.1. The number of hydrogen-bond donors (Lipinski definition) is 1. The molecule has 2 atom stereocenters. The fraction of sp³-hybridized carbons (Fsp3) is 0.600. The van der Waals surface area contributed by atoms with Gasteiger partial charge in [-0.1, -0.05) is 6.07 Å². The fourth-order valence-electron chi connectivity index (χ4n) is 2.77. The van der Waals surface area contributed by atoms with Crippen molar-refractivity contribution < 1.29 is 0 Å². The number of rotatable bonds is 3. The van der Waals surface area contributed by atoms with Crippen LogP contribution in [0.15, 0.2) is 24.3 Å². The van der Waals surface area contributed by atoms with Crippen LogP contribution in [0.2, 0.25) is 0 Å². The second kappa shape index (κ2) is 5.61. The molecule has 0 aliphatic carbocycles. The van der Waals surface area contributed by atoms with Crippen molar-refractivity contribution in [2.45, 2.75) is 31.8 Å². The minimum atomic E-state index is 0.605. The molecule has 2 rings (SSSR count). The van der Waals surface area contributed by atoms with Gasteiger partial charge in [-0.05, 0) is 45.0 Å². The van der Waals surface area contributed by atoms with Gasteiger partial charge in [-0.2, -0.15) is 0 Å². The maximum atomic E-state index is 3.40. The highest BCUT2D eigenvalue weighted by atomic mass is 15.2. The van der Waals surface area contributed by atoms with Crippen molar-refractivity contribution in [3.63, 3.8) is 0 Å². The Labute approximate surface area is 111 Å². The summed E-state index contributed by atoms with van der Waals surface area (Å²) in [4.78, 5) is 4.69. The second-order valence-electron chi connectivity index (χ2n) is 5.47. The van der Waals surface area contributed by atoms with E-state index in [2.05, 4.69) is 67.4 Å². The van der Waals surface area contributed by atoms with Gasteiger partial charge in [-0.15, -0.1) is 0 Å². The molecule has 3 heteroatoms. The smallest absolute Gasteiger partial charge is 0.0389 e. The van der Waals surface area contributed by atoms with Crippen molar-refractivity contribution in [3.05, 3.63) is 24.3 Å². The Kier molecular flexibility index (Phi) is 4.12. The molecule has 1 aliphatic heterocycles. The lowest BCUT2D eigenvalue weighted by Crippen LogP contribution is -2.46. The molecule has 1 N–H and O–H groups in total. The molecule has 0 aromatic heterocycles. The van der Waals surface area contributed by atoms with Crippen molar-refractivity contribution in [2.24, 2.45) is 0 Å². The van der Waals surface area contributed by atoms with Crippen LogP contribution in [0, 0.1) is 0 Å². The van der Waals surface area contributed by atoms with Crippen molar-refractivity contribution in [3.8, 4) is 0 Å². The summed E-state index contributed by atoms with van der Waals surface area (Å²) in [5.74, 6) is 0. The Bertz CT molecular complexity index is 389. The summed E-state index contributed by atoms with van der Waals surface area (Å²) in [6, 6.07) is 10.1. The quantitative estimate of drug-likeness (QED) is 0.884. The second-order valence-corrected chi connectivity index (χ2v) is 5.47. The van der Waals surface area contributed by atoms with Gasteiger partial charge in [0.15, 0.2) is 0 Å². The summed E-state index contributed by atoms with van der Waals surface area (Å²) in [6.07, 6.45) is 2.45. The zero-order chi connectivity index (χ0) is 13.1. The lowest BCUT2D eigenvalue weighted by Gasteiger charge is -2.39. The molecule has 3 nitrogen and oxygen atoms in total. The number of nitrogens with zero attached hydrogens (tertiary/aromatic N) is 2. The van der Waals surface area contributed by atoms with Gasteiger partial charge in [-0.25, -0.2) is 0 Å². The highest BCUT2D eigenvalue weighted by molar-refractivity contribution is 5.59. The van der Waals surface area contributed by atoms with E-state index in [0.717, 1.165) is 6.54 Å². The van der Waals surface area contributed by atoms with Crippen LogP contribution in [0.4, 0.5) is 11.4 Å². The zero-order valence-corrected chi connectivity index (χ0v) is 12.0. The molecule has 0 radical (unpaired) electrons. The number of hydrogen-bond acceptors (Lipinski definition) is 3. The minimum absolute atomic E-state index is 0.605. The molecule has 1 aromatic rings. The summed E-state index contributed by atoms with van der Waals surface area (Å²) in [5, 5.41) is 3.40. The molecule has 100 valence electrons. The van der Waals surface area contributed by atoms with Crippen LogP contribution in [0.5, 0.6) is 0 Å². The van der Waals surface area contributed by atoms with Crippen LogP contribution in [0.3, 0.4) is 0 Å². The van der Waals surface area contributed by atoms with Gasteiger partial charge in [0.2, 0.25) is 0 Å². The van der Waals surface area contributed by atoms with Crippen molar-refractivity contribution in [1.82, 2.24) is 5.32 Å². The molecule has 0 spiro atoms. The molecule has 0 bridgehead atoms. The molecule has 1 saturated heterocycles. The number of nitrogens with one attached hydrogen (secondary N) is 1. The molecule has 1 aliphatic rings. The van der Waals surface area contributed by atoms with Gasteiger partial charge in [0.25, 0.3) is 0 Å². The van der Waals surface area contributed by atoms with Gasteiger partial charge in [0.05, 0.1) is 0 Å².